The van der Waals surface area contributed by atoms with Crippen LogP contribution in [0.15, 0.2) is 18.3 Å². The molecule has 1 aliphatic rings. The number of nitrogens with one attached hydrogen (secondary N) is 2. The lowest BCUT2D eigenvalue weighted by atomic mass is 10.1. The maximum absolute atomic E-state index is 11.7. The van der Waals surface area contributed by atoms with E-state index >= 15 is 0 Å². The Morgan fingerprint density at radius 1 is 1.44 bits per heavy atom. The normalized spacial score (nSPS) is 18.2. The van der Waals surface area contributed by atoms with E-state index in [1.165, 1.54) is 18.3 Å². The van der Waals surface area contributed by atoms with Crippen LogP contribution in [0.1, 0.15) is 16.9 Å². The van der Waals surface area contributed by atoms with Crippen molar-refractivity contribution < 1.29 is 19.5 Å². The molecular weight excluding hydrogens is 238 g/mol. The molecule has 0 spiro atoms. The van der Waals surface area contributed by atoms with Crippen molar-refractivity contribution in [3.8, 4) is 0 Å². The third-order valence-corrected chi connectivity index (χ3v) is 2.60. The monoisotopic (exact) mass is 249 g/mol. The lowest BCUT2D eigenvalue weighted by Gasteiger charge is -2.08. The molecule has 18 heavy (non-hydrogen) atoms. The Bertz CT molecular complexity index is 498. The fourth-order valence-electron chi connectivity index (χ4n) is 1.63. The maximum atomic E-state index is 11.7. The largest absolute Gasteiger partial charge is 0.477 e. The third-order valence-electron chi connectivity index (χ3n) is 2.60. The number of anilines is 1. The van der Waals surface area contributed by atoms with Crippen LogP contribution in [-0.2, 0) is 9.59 Å². The molecule has 1 atom stereocenters. The summed E-state index contributed by atoms with van der Waals surface area (Å²) in [6.07, 6.45) is 1.44. The number of carboxylic acids is 1. The highest BCUT2D eigenvalue weighted by Crippen LogP contribution is 2.13. The van der Waals surface area contributed by atoms with Gasteiger partial charge in [-0.05, 0) is 12.1 Å². The first-order valence-corrected chi connectivity index (χ1v) is 5.33. The van der Waals surface area contributed by atoms with E-state index in [0.29, 0.717) is 12.2 Å². The SMILES string of the molecule is O=C1CC(C(=O)Nc2ccc(C(=O)O)nc2)CN1. The summed E-state index contributed by atoms with van der Waals surface area (Å²) >= 11 is 0. The van der Waals surface area contributed by atoms with Crippen LogP contribution in [-0.4, -0.2) is 34.4 Å². The number of aromatic carboxylic acids is 1. The van der Waals surface area contributed by atoms with Gasteiger partial charge < -0.3 is 15.7 Å². The van der Waals surface area contributed by atoms with Crippen LogP contribution < -0.4 is 10.6 Å². The van der Waals surface area contributed by atoms with Crippen molar-refractivity contribution in [1.82, 2.24) is 10.3 Å². The minimum Gasteiger partial charge on any atom is -0.477 e. The average molecular weight is 249 g/mol. The molecule has 7 nitrogen and oxygen atoms in total. The van der Waals surface area contributed by atoms with Crippen LogP contribution in [0.3, 0.4) is 0 Å². The van der Waals surface area contributed by atoms with E-state index in [-0.39, 0.29) is 23.9 Å². The number of carbonyl (C=O) groups is 3. The van der Waals surface area contributed by atoms with Crippen LogP contribution in [0.5, 0.6) is 0 Å². The highest BCUT2D eigenvalue weighted by molar-refractivity contribution is 5.97. The van der Waals surface area contributed by atoms with Gasteiger partial charge in [-0.15, -0.1) is 0 Å². The van der Waals surface area contributed by atoms with Crippen LogP contribution in [0.4, 0.5) is 5.69 Å². The topological polar surface area (TPSA) is 108 Å². The van der Waals surface area contributed by atoms with Crippen molar-refractivity contribution in [2.75, 3.05) is 11.9 Å². The third kappa shape index (κ3) is 2.62. The quantitative estimate of drug-likeness (QED) is 0.690. The predicted molar refractivity (Wildman–Crippen MR) is 60.9 cm³/mol. The van der Waals surface area contributed by atoms with Gasteiger partial charge in [0.2, 0.25) is 11.8 Å². The smallest absolute Gasteiger partial charge is 0.354 e. The number of amides is 2. The van der Waals surface area contributed by atoms with E-state index in [1.54, 1.807) is 0 Å². The number of carbonyl (C=O) groups excluding carboxylic acids is 2. The van der Waals surface area contributed by atoms with Crippen molar-refractivity contribution in [1.29, 1.82) is 0 Å². The molecule has 0 saturated carbocycles. The zero-order valence-electron chi connectivity index (χ0n) is 9.34. The molecule has 0 aliphatic carbocycles. The Balaban J connectivity index is 1.99. The number of pyridine rings is 1. The van der Waals surface area contributed by atoms with Crippen LogP contribution >= 0.6 is 0 Å². The summed E-state index contributed by atoms with van der Waals surface area (Å²) in [5.41, 5.74) is 0.315. The lowest BCUT2D eigenvalue weighted by Crippen LogP contribution is -2.24. The molecule has 1 unspecified atom stereocenters. The van der Waals surface area contributed by atoms with E-state index < -0.39 is 11.9 Å². The molecule has 3 N–H and O–H groups in total. The Kier molecular flexibility index (Phi) is 3.22. The summed E-state index contributed by atoms with van der Waals surface area (Å²) in [7, 11) is 0. The second-order valence-corrected chi connectivity index (χ2v) is 3.93. The number of aromatic nitrogens is 1. The summed E-state index contributed by atoms with van der Waals surface area (Å²) in [5.74, 6) is -1.94. The van der Waals surface area contributed by atoms with E-state index in [1.807, 2.05) is 0 Å². The second kappa shape index (κ2) is 4.82. The van der Waals surface area contributed by atoms with Gasteiger partial charge in [-0.1, -0.05) is 0 Å². The van der Waals surface area contributed by atoms with Crippen LogP contribution in [0, 0.1) is 5.92 Å². The average Bonchev–Trinajstić information content (AvgIpc) is 2.76. The Morgan fingerprint density at radius 3 is 2.72 bits per heavy atom. The lowest BCUT2D eigenvalue weighted by molar-refractivity contribution is -0.123. The van der Waals surface area contributed by atoms with Gasteiger partial charge in [-0.25, -0.2) is 9.78 Å². The first kappa shape index (κ1) is 12.0. The van der Waals surface area contributed by atoms with Gasteiger partial charge in [0.05, 0.1) is 17.8 Å². The van der Waals surface area contributed by atoms with Crippen molar-refractivity contribution in [2.24, 2.45) is 5.92 Å². The minimum atomic E-state index is -1.13. The van der Waals surface area contributed by atoms with Gasteiger partial charge in [0.15, 0.2) is 0 Å². The van der Waals surface area contributed by atoms with Crippen molar-refractivity contribution >= 4 is 23.5 Å². The Hall–Kier alpha value is -2.44. The van der Waals surface area contributed by atoms with Gasteiger partial charge in [0.1, 0.15) is 5.69 Å². The molecule has 0 bridgehead atoms. The molecular formula is C11H11N3O4. The zero-order valence-corrected chi connectivity index (χ0v) is 9.34. The summed E-state index contributed by atoms with van der Waals surface area (Å²) < 4.78 is 0. The van der Waals surface area contributed by atoms with Gasteiger partial charge in [0, 0.05) is 13.0 Å². The van der Waals surface area contributed by atoms with Crippen molar-refractivity contribution in [2.45, 2.75) is 6.42 Å². The second-order valence-electron chi connectivity index (χ2n) is 3.93. The van der Waals surface area contributed by atoms with Crippen LogP contribution in [0.25, 0.3) is 0 Å². The number of rotatable bonds is 3. The molecule has 2 amide bonds. The van der Waals surface area contributed by atoms with E-state index in [4.69, 9.17) is 5.11 Å². The summed E-state index contributed by atoms with van der Waals surface area (Å²) in [6, 6.07) is 2.76. The standard InChI is InChI=1S/C11H11N3O4/c15-9-3-6(4-13-9)10(16)14-7-1-2-8(11(17)18)12-5-7/h1-2,5-6H,3-4H2,(H,13,15)(H,14,16)(H,17,18). The van der Waals surface area contributed by atoms with Gasteiger partial charge in [-0.3, -0.25) is 9.59 Å². The summed E-state index contributed by atoms with van der Waals surface area (Å²) in [5, 5.41) is 13.8. The molecule has 1 aromatic heterocycles. The molecule has 1 fully saturated rings. The molecule has 7 heteroatoms. The van der Waals surface area contributed by atoms with Gasteiger partial charge in [0.25, 0.3) is 0 Å². The number of hydrogen-bond acceptors (Lipinski definition) is 4. The number of hydrogen-bond donors (Lipinski definition) is 3. The highest BCUT2D eigenvalue weighted by Gasteiger charge is 2.27. The number of carboxylic acid groups (broad SMARTS) is 1. The fourth-order valence-corrected chi connectivity index (χ4v) is 1.63. The number of nitrogens with zero attached hydrogens (tertiary/aromatic N) is 1. The van der Waals surface area contributed by atoms with Gasteiger partial charge >= 0.3 is 5.97 Å². The van der Waals surface area contributed by atoms with Crippen molar-refractivity contribution in [3.63, 3.8) is 0 Å². The van der Waals surface area contributed by atoms with Crippen molar-refractivity contribution in [3.05, 3.63) is 24.0 Å². The molecule has 1 saturated heterocycles. The minimum absolute atomic E-state index is 0.0919. The molecule has 0 radical (unpaired) electrons. The Morgan fingerprint density at radius 2 is 2.22 bits per heavy atom. The first-order valence-electron chi connectivity index (χ1n) is 5.33. The van der Waals surface area contributed by atoms with E-state index in [0.717, 1.165) is 0 Å². The van der Waals surface area contributed by atoms with Crippen LogP contribution in [0.2, 0.25) is 0 Å². The molecule has 2 heterocycles. The maximum Gasteiger partial charge on any atom is 0.354 e. The van der Waals surface area contributed by atoms with E-state index in [9.17, 15) is 14.4 Å². The first-order chi connectivity index (χ1) is 8.56. The molecule has 1 aliphatic heterocycles. The molecule has 94 valence electrons. The fraction of sp³-hybridized carbons (Fsp3) is 0.273. The molecule has 2 rings (SSSR count). The van der Waals surface area contributed by atoms with E-state index in [2.05, 4.69) is 15.6 Å². The zero-order chi connectivity index (χ0) is 13.1. The predicted octanol–water partition coefficient (Wildman–Crippen LogP) is -0.146. The van der Waals surface area contributed by atoms with Gasteiger partial charge in [-0.2, -0.15) is 0 Å². The summed E-state index contributed by atoms with van der Waals surface area (Å²) in [6.45, 7) is 0.325. The summed E-state index contributed by atoms with van der Waals surface area (Å²) in [4.78, 5) is 37.0. The molecule has 1 aromatic rings. The highest BCUT2D eigenvalue weighted by atomic mass is 16.4. The Labute approximate surface area is 102 Å². The molecule has 0 aromatic carbocycles.